The first-order chi connectivity index (χ1) is 9.19. The first-order valence-corrected chi connectivity index (χ1v) is 6.06. The normalized spacial score (nSPS) is 10.8. The van der Waals surface area contributed by atoms with E-state index in [-0.39, 0.29) is 0 Å². The van der Waals surface area contributed by atoms with Gasteiger partial charge in [0.25, 0.3) is 0 Å². The summed E-state index contributed by atoms with van der Waals surface area (Å²) in [5.74, 6) is 0. The van der Waals surface area contributed by atoms with Crippen LogP contribution in [0.4, 0.5) is 0 Å². The van der Waals surface area contributed by atoms with E-state index in [2.05, 4.69) is 16.1 Å². The zero-order chi connectivity index (χ0) is 13.4. The molecule has 3 rings (SSSR count). The summed E-state index contributed by atoms with van der Waals surface area (Å²) < 4.78 is 1.81. The zero-order valence-corrected chi connectivity index (χ0v) is 10.8. The Morgan fingerprint density at radius 1 is 1.21 bits per heavy atom. The molecule has 4 heteroatoms. The van der Waals surface area contributed by atoms with E-state index in [1.54, 1.807) is 6.20 Å². The lowest BCUT2D eigenvalue weighted by molar-refractivity contribution is 0.112. The number of rotatable bonds is 2. The second-order valence-electron chi connectivity index (χ2n) is 4.59. The summed E-state index contributed by atoms with van der Waals surface area (Å²) in [5, 5.41) is 5.42. The van der Waals surface area contributed by atoms with Crippen LogP contribution in [0.5, 0.6) is 0 Å². The van der Waals surface area contributed by atoms with Crippen molar-refractivity contribution in [3.8, 4) is 5.69 Å². The lowest BCUT2D eigenvalue weighted by atomic mass is 10.2. The molecule has 0 unspecified atom stereocenters. The molecule has 0 radical (unpaired) electrons. The summed E-state index contributed by atoms with van der Waals surface area (Å²) in [6, 6.07) is 9.91. The van der Waals surface area contributed by atoms with Crippen LogP contribution >= 0.6 is 0 Å². The fraction of sp³-hybridized carbons (Fsp3) is 0.133. The Hall–Kier alpha value is -2.49. The van der Waals surface area contributed by atoms with Crippen molar-refractivity contribution in [2.24, 2.45) is 0 Å². The van der Waals surface area contributed by atoms with Crippen LogP contribution in [0.15, 0.2) is 36.5 Å². The highest BCUT2D eigenvalue weighted by atomic mass is 16.1. The topological polar surface area (TPSA) is 47.8 Å². The minimum absolute atomic E-state index is 0.569. The Labute approximate surface area is 110 Å². The minimum Gasteiger partial charge on any atom is -0.298 e. The van der Waals surface area contributed by atoms with Gasteiger partial charge >= 0.3 is 0 Å². The molecule has 0 atom stereocenters. The van der Waals surface area contributed by atoms with Gasteiger partial charge in [-0.15, -0.1) is 0 Å². The van der Waals surface area contributed by atoms with Gasteiger partial charge < -0.3 is 0 Å². The number of fused-ring (bicyclic) bond motifs is 1. The van der Waals surface area contributed by atoms with Crippen LogP contribution in [0, 0.1) is 13.8 Å². The number of hydrogen-bond acceptors (Lipinski definition) is 3. The van der Waals surface area contributed by atoms with E-state index < -0.39 is 0 Å². The first-order valence-electron chi connectivity index (χ1n) is 6.06. The Morgan fingerprint density at radius 3 is 2.79 bits per heavy atom. The Kier molecular flexibility index (Phi) is 2.63. The van der Waals surface area contributed by atoms with Crippen LogP contribution in [-0.4, -0.2) is 21.1 Å². The number of benzene rings is 1. The highest BCUT2D eigenvalue weighted by Crippen LogP contribution is 2.21. The van der Waals surface area contributed by atoms with E-state index in [1.165, 1.54) is 5.56 Å². The number of pyridine rings is 1. The summed E-state index contributed by atoms with van der Waals surface area (Å²) >= 11 is 0. The van der Waals surface area contributed by atoms with Crippen molar-refractivity contribution < 1.29 is 4.79 Å². The molecule has 0 N–H and O–H groups in total. The Morgan fingerprint density at radius 2 is 2.05 bits per heavy atom. The van der Waals surface area contributed by atoms with Gasteiger partial charge in [-0.25, -0.2) is 9.67 Å². The lowest BCUT2D eigenvalue weighted by Gasteiger charge is -2.03. The van der Waals surface area contributed by atoms with E-state index in [0.29, 0.717) is 5.56 Å². The van der Waals surface area contributed by atoms with Gasteiger partial charge in [0.05, 0.1) is 11.4 Å². The Balaban J connectivity index is 2.28. The molecule has 0 saturated heterocycles. The summed E-state index contributed by atoms with van der Waals surface area (Å²) in [5.41, 5.74) is 4.36. The third-order valence-electron chi connectivity index (χ3n) is 3.11. The summed E-state index contributed by atoms with van der Waals surface area (Å²) in [6.45, 7) is 3.96. The van der Waals surface area contributed by atoms with E-state index in [1.807, 2.05) is 42.8 Å². The van der Waals surface area contributed by atoms with Crippen LogP contribution in [0.2, 0.25) is 0 Å². The van der Waals surface area contributed by atoms with Crippen molar-refractivity contribution >= 4 is 17.3 Å². The average Bonchev–Trinajstić information content (AvgIpc) is 2.76. The van der Waals surface area contributed by atoms with E-state index in [9.17, 15) is 4.79 Å². The molecule has 4 nitrogen and oxygen atoms in total. The smallest absolute Gasteiger partial charge is 0.163 e. The molecule has 0 spiro atoms. The maximum absolute atomic E-state index is 10.8. The molecule has 0 bridgehead atoms. The van der Waals surface area contributed by atoms with Gasteiger partial charge in [0.2, 0.25) is 0 Å². The maximum Gasteiger partial charge on any atom is 0.163 e. The summed E-state index contributed by atoms with van der Waals surface area (Å²) in [7, 11) is 0. The quantitative estimate of drug-likeness (QED) is 0.658. The summed E-state index contributed by atoms with van der Waals surface area (Å²) in [4.78, 5) is 15.2. The lowest BCUT2D eigenvalue weighted by Crippen LogP contribution is -1.98. The van der Waals surface area contributed by atoms with Crippen LogP contribution in [0.25, 0.3) is 16.7 Å². The second kappa shape index (κ2) is 4.31. The number of carbonyl (C=O) groups excluding carboxylic acids is 1. The molecule has 0 aliphatic heterocycles. The molecular formula is C15H13N3O. The van der Waals surface area contributed by atoms with Crippen LogP contribution in [0.1, 0.15) is 21.6 Å². The van der Waals surface area contributed by atoms with Gasteiger partial charge in [-0.2, -0.15) is 5.10 Å². The predicted molar refractivity (Wildman–Crippen MR) is 73.7 cm³/mol. The van der Waals surface area contributed by atoms with Crippen LogP contribution in [0.3, 0.4) is 0 Å². The molecule has 0 aliphatic rings. The number of aromatic nitrogens is 3. The Bertz CT molecular complexity index is 774. The first kappa shape index (κ1) is 11.6. The van der Waals surface area contributed by atoms with Crippen LogP contribution < -0.4 is 0 Å². The maximum atomic E-state index is 10.8. The molecule has 2 aromatic heterocycles. The van der Waals surface area contributed by atoms with Gasteiger partial charge in [-0.05, 0) is 37.6 Å². The number of aldehydes is 1. The van der Waals surface area contributed by atoms with Gasteiger partial charge in [0.1, 0.15) is 0 Å². The molecule has 0 amide bonds. The minimum atomic E-state index is 0.569. The predicted octanol–water partition coefficient (Wildman–Crippen LogP) is 2.85. The van der Waals surface area contributed by atoms with Gasteiger partial charge in [0, 0.05) is 17.1 Å². The number of aryl methyl sites for hydroxylation is 2. The summed E-state index contributed by atoms with van der Waals surface area (Å²) in [6.07, 6.45) is 2.37. The van der Waals surface area contributed by atoms with Crippen molar-refractivity contribution in [2.45, 2.75) is 13.8 Å². The molecule has 0 aliphatic carbocycles. The molecule has 1 aromatic carbocycles. The molecule has 0 saturated carbocycles. The molecule has 2 heterocycles. The zero-order valence-electron chi connectivity index (χ0n) is 10.8. The van der Waals surface area contributed by atoms with Crippen molar-refractivity contribution in [3.05, 3.63) is 53.3 Å². The van der Waals surface area contributed by atoms with Crippen molar-refractivity contribution in [3.63, 3.8) is 0 Å². The van der Waals surface area contributed by atoms with E-state index in [4.69, 9.17) is 0 Å². The highest BCUT2D eigenvalue weighted by Gasteiger charge is 2.10. The van der Waals surface area contributed by atoms with Gasteiger partial charge in [-0.1, -0.05) is 12.1 Å². The molecular weight excluding hydrogens is 238 g/mol. The van der Waals surface area contributed by atoms with Crippen LogP contribution in [-0.2, 0) is 0 Å². The number of carbonyl (C=O) groups is 1. The van der Waals surface area contributed by atoms with E-state index in [0.717, 1.165) is 28.7 Å². The third-order valence-corrected chi connectivity index (χ3v) is 3.11. The van der Waals surface area contributed by atoms with Crippen molar-refractivity contribution in [1.29, 1.82) is 0 Å². The monoisotopic (exact) mass is 251 g/mol. The van der Waals surface area contributed by atoms with Crippen molar-refractivity contribution in [2.75, 3.05) is 0 Å². The molecule has 94 valence electrons. The third kappa shape index (κ3) is 1.91. The highest BCUT2D eigenvalue weighted by molar-refractivity contribution is 5.86. The number of nitrogens with zero attached hydrogens (tertiary/aromatic N) is 3. The number of hydrogen-bond donors (Lipinski definition) is 0. The second-order valence-corrected chi connectivity index (χ2v) is 4.59. The fourth-order valence-electron chi connectivity index (χ4n) is 2.16. The average molecular weight is 251 g/mol. The van der Waals surface area contributed by atoms with Crippen molar-refractivity contribution in [1.82, 2.24) is 14.8 Å². The van der Waals surface area contributed by atoms with E-state index >= 15 is 0 Å². The largest absolute Gasteiger partial charge is 0.298 e. The molecule has 19 heavy (non-hydrogen) atoms. The van der Waals surface area contributed by atoms with Gasteiger partial charge in [-0.3, -0.25) is 4.79 Å². The molecule has 3 aromatic rings. The fourth-order valence-corrected chi connectivity index (χ4v) is 2.16. The molecule has 0 fully saturated rings. The van der Waals surface area contributed by atoms with Gasteiger partial charge in [0.15, 0.2) is 11.9 Å². The SMILES string of the molecule is Cc1cccc(-n2nc(C)c3cc(C=O)cnc32)c1. The standard InChI is InChI=1S/C15H13N3O/c1-10-4-3-5-13(6-10)18-15-14(11(2)17-18)7-12(9-19)8-16-15/h3-9H,1-2H3.